The van der Waals surface area contributed by atoms with E-state index in [2.05, 4.69) is 89.4 Å². The van der Waals surface area contributed by atoms with Crippen LogP contribution >= 0.6 is 0 Å². The molecule has 1 saturated heterocycles. The van der Waals surface area contributed by atoms with E-state index in [1.165, 1.54) is 134 Å². The van der Waals surface area contributed by atoms with Crippen molar-refractivity contribution in [2.75, 3.05) is 59.0 Å². The molecule has 304 valence electrons. The van der Waals surface area contributed by atoms with Gasteiger partial charge in [-0.1, -0.05) is 56.7 Å². The Morgan fingerprint density at radius 2 is 1.07 bits per heavy atom. The Bertz CT molecular complexity index is 2110. The Hall–Kier alpha value is -3.60. The molecule has 5 aromatic rings. The SMILES string of the molecule is C.c1cc2c(cc1CN1CCOCC1)nc1n2CCCN(C2CCC2)CC1.c1ccc2c(c1)CCN(Cc1ccc3c(c1)nc1n3CCCN(C3CCC3)CC1)C2. The molecule has 3 fully saturated rings. The van der Waals surface area contributed by atoms with Crippen molar-refractivity contribution in [1.29, 1.82) is 0 Å². The molecular formula is C48H66N8O. The molecule has 0 atom stereocenters. The van der Waals surface area contributed by atoms with Crippen LogP contribution in [0.5, 0.6) is 0 Å². The number of rotatable bonds is 6. The van der Waals surface area contributed by atoms with E-state index in [1.807, 2.05) is 0 Å². The number of benzene rings is 3. The predicted octanol–water partition coefficient (Wildman–Crippen LogP) is 7.70. The van der Waals surface area contributed by atoms with Crippen molar-refractivity contribution in [3.63, 3.8) is 0 Å². The van der Waals surface area contributed by atoms with E-state index in [0.717, 1.165) is 96.9 Å². The highest BCUT2D eigenvalue weighted by Crippen LogP contribution is 2.30. The highest BCUT2D eigenvalue weighted by Gasteiger charge is 2.28. The fourth-order valence-electron chi connectivity index (χ4n) is 10.3. The first-order valence-electron chi connectivity index (χ1n) is 22.2. The molecule has 0 bridgehead atoms. The normalized spacial score (nSPS) is 21.7. The molecule has 2 aliphatic carbocycles. The second-order valence-corrected chi connectivity index (χ2v) is 17.6. The molecule has 0 spiro atoms. The Balaban J connectivity index is 0.000000147. The highest BCUT2D eigenvalue weighted by atomic mass is 16.5. The van der Waals surface area contributed by atoms with E-state index < -0.39 is 0 Å². The lowest BCUT2D eigenvalue weighted by molar-refractivity contribution is 0.0342. The van der Waals surface area contributed by atoms with Gasteiger partial charge in [0.15, 0.2) is 0 Å². The molecule has 3 aromatic carbocycles. The molecule has 9 nitrogen and oxygen atoms in total. The van der Waals surface area contributed by atoms with E-state index in [1.54, 1.807) is 0 Å². The van der Waals surface area contributed by atoms with Crippen LogP contribution in [0.1, 0.15) is 92.7 Å². The topological polar surface area (TPSA) is 57.8 Å². The van der Waals surface area contributed by atoms with Gasteiger partial charge in [0.05, 0.1) is 35.3 Å². The van der Waals surface area contributed by atoms with Crippen LogP contribution in [-0.4, -0.2) is 110 Å². The van der Waals surface area contributed by atoms with Crippen molar-refractivity contribution in [2.24, 2.45) is 0 Å². The van der Waals surface area contributed by atoms with Crippen molar-refractivity contribution < 1.29 is 4.74 Å². The first kappa shape index (κ1) is 38.9. The van der Waals surface area contributed by atoms with Gasteiger partial charge in [-0.3, -0.25) is 19.6 Å². The van der Waals surface area contributed by atoms with Crippen LogP contribution in [0.25, 0.3) is 22.1 Å². The largest absolute Gasteiger partial charge is 0.379 e. The van der Waals surface area contributed by atoms with Gasteiger partial charge in [-0.2, -0.15) is 0 Å². The van der Waals surface area contributed by atoms with Crippen LogP contribution in [0.3, 0.4) is 0 Å². The molecule has 2 aromatic heterocycles. The van der Waals surface area contributed by atoms with Crippen molar-refractivity contribution in [3.05, 3.63) is 94.6 Å². The Morgan fingerprint density at radius 1 is 0.526 bits per heavy atom. The number of hydrogen-bond donors (Lipinski definition) is 0. The number of aromatic nitrogens is 4. The molecule has 11 rings (SSSR count). The van der Waals surface area contributed by atoms with Gasteiger partial charge in [0.2, 0.25) is 0 Å². The van der Waals surface area contributed by atoms with Gasteiger partial charge in [-0.25, -0.2) is 9.97 Å². The molecule has 0 N–H and O–H groups in total. The van der Waals surface area contributed by atoms with Crippen molar-refractivity contribution in [2.45, 2.75) is 123 Å². The molecule has 57 heavy (non-hydrogen) atoms. The lowest BCUT2D eigenvalue weighted by atomic mass is 9.91. The molecule has 0 amide bonds. The standard InChI is InChI=1S/C26H32N4.C21H30N4O.CH4/c1-2-6-22-19-28(15-11-21(22)5-1)18-20-9-10-25-24(17-20)27-26-12-16-29(23-7-3-8-23)13-4-14-30(25)26;1-3-18(4-1)24-8-2-9-25-20-6-5-17(16-23-11-13-26-14-12-23)15-19(20)22-21(25)7-10-24;/h1-2,5-6,9-10,17,23H,3-4,7-8,11-16,18-19H2;5-6,15,18H,1-4,7-14,16H2;1H4. The van der Waals surface area contributed by atoms with E-state index in [0.29, 0.717) is 0 Å². The van der Waals surface area contributed by atoms with Crippen LogP contribution in [0.4, 0.5) is 0 Å². The summed E-state index contributed by atoms with van der Waals surface area (Å²) in [6, 6.07) is 24.5. The molecule has 0 radical (unpaired) electrons. The summed E-state index contributed by atoms with van der Waals surface area (Å²) >= 11 is 0. The molecular weight excluding hydrogens is 705 g/mol. The number of ether oxygens (including phenoxy) is 1. The molecule has 9 heteroatoms. The van der Waals surface area contributed by atoms with E-state index in [4.69, 9.17) is 14.7 Å². The smallest absolute Gasteiger partial charge is 0.111 e. The van der Waals surface area contributed by atoms with E-state index >= 15 is 0 Å². The van der Waals surface area contributed by atoms with Crippen LogP contribution in [0, 0.1) is 0 Å². The maximum Gasteiger partial charge on any atom is 0.111 e. The average molecular weight is 771 g/mol. The van der Waals surface area contributed by atoms with Crippen LogP contribution in [-0.2, 0) is 56.7 Å². The zero-order chi connectivity index (χ0) is 37.3. The third-order valence-electron chi connectivity index (χ3n) is 14.0. The number of aryl methyl sites for hydroxylation is 2. The number of morpholine rings is 1. The molecule has 2 saturated carbocycles. The summed E-state index contributed by atoms with van der Waals surface area (Å²) in [5, 5.41) is 0. The first-order valence-corrected chi connectivity index (χ1v) is 22.2. The highest BCUT2D eigenvalue weighted by molar-refractivity contribution is 5.77. The van der Waals surface area contributed by atoms with E-state index in [9.17, 15) is 0 Å². The van der Waals surface area contributed by atoms with Gasteiger partial charge < -0.3 is 13.9 Å². The van der Waals surface area contributed by atoms with Crippen molar-refractivity contribution in [3.8, 4) is 0 Å². The Morgan fingerprint density at radius 3 is 1.61 bits per heavy atom. The maximum absolute atomic E-state index is 5.46. The number of hydrogen-bond acceptors (Lipinski definition) is 7. The van der Waals surface area contributed by atoms with Crippen molar-refractivity contribution >= 4 is 22.1 Å². The second-order valence-electron chi connectivity index (χ2n) is 17.6. The summed E-state index contributed by atoms with van der Waals surface area (Å²) in [7, 11) is 0. The van der Waals surface area contributed by atoms with Gasteiger partial charge in [0.25, 0.3) is 0 Å². The predicted molar refractivity (Wildman–Crippen MR) is 232 cm³/mol. The monoisotopic (exact) mass is 771 g/mol. The van der Waals surface area contributed by atoms with Gasteiger partial charge in [0, 0.05) is 103 Å². The summed E-state index contributed by atoms with van der Waals surface area (Å²) in [5.74, 6) is 2.57. The first-order chi connectivity index (χ1) is 27.7. The van der Waals surface area contributed by atoms with Gasteiger partial charge in [-0.05, 0) is 91.5 Å². The number of nitrogens with zero attached hydrogens (tertiary/aromatic N) is 8. The van der Waals surface area contributed by atoms with Crippen LogP contribution < -0.4 is 0 Å². The third kappa shape index (κ3) is 8.60. The molecule has 6 heterocycles. The molecule has 0 unspecified atom stereocenters. The fraction of sp³-hybridized carbons (Fsp3) is 0.583. The summed E-state index contributed by atoms with van der Waals surface area (Å²) in [5.41, 5.74) is 10.8. The number of imidazole rings is 2. The fourth-order valence-corrected chi connectivity index (χ4v) is 10.3. The summed E-state index contributed by atoms with van der Waals surface area (Å²) in [4.78, 5) is 20.6. The summed E-state index contributed by atoms with van der Waals surface area (Å²) in [6.07, 6.45) is 14.3. The van der Waals surface area contributed by atoms with Gasteiger partial charge in [0.1, 0.15) is 11.6 Å². The summed E-state index contributed by atoms with van der Waals surface area (Å²) in [6.45, 7) is 15.1. The molecule has 6 aliphatic rings. The Labute approximate surface area is 341 Å². The number of fused-ring (bicyclic) bond motifs is 7. The minimum Gasteiger partial charge on any atom is -0.379 e. The quantitative estimate of drug-likeness (QED) is 0.176. The average Bonchev–Trinajstić information content (AvgIpc) is 3.68. The van der Waals surface area contributed by atoms with Gasteiger partial charge in [-0.15, -0.1) is 0 Å². The zero-order valence-electron chi connectivity index (χ0n) is 33.6. The van der Waals surface area contributed by atoms with E-state index in [-0.39, 0.29) is 7.43 Å². The molecule has 4 aliphatic heterocycles. The summed E-state index contributed by atoms with van der Waals surface area (Å²) < 4.78 is 10.4. The third-order valence-corrected chi connectivity index (χ3v) is 14.0. The Kier molecular flexibility index (Phi) is 12.1. The maximum atomic E-state index is 5.46. The van der Waals surface area contributed by atoms with Crippen LogP contribution in [0.15, 0.2) is 60.7 Å². The zero-order valence-corrected chi connectivity index (χ0v) is 33.6. The second kappa shape index (κ2) is 17.7. The van der Waals surface area contributed by atoms with Crippen LogP contribution in [0.2, 0.25) is 0 Å². The van der Waals surface area contributed by atoms with Crippen molar-refractivity contribution in [1.82, 2.24) is 38.7 Å². The van der Waals surface area contributed by atoms with Gasteiger partial charge >= 0.3 is 0 Å². The minimum absolute atomic E-state index is 0. The minimum atomic E-state index is 0. The lowest BCUT2D eigenvalue weighted by Gasteiger charge is -2.38. The lowest BCUT2D eigenvalue weighted by Crippen LogP contribution is -2.43.